The van der Waals surface area contributed by atoms with Gasteiger partial charge >= 0.3 is 0 Å². The molecule has 1 aliphatic carbocycles. The third kappa shape index (κ3) is 2.16. The molecule has 2 fully saturated rings. The van der Waals surface area contributed by atoms with Gasteiger partial charge in [-0.2, -0.15) is 0 Å². The van der Waals surface area contributed by atoms with Crippen LogP contribution < -0.4 is 5.32 Å². The fraction of sp³-hybridized carbons (Fsp3) is 0.231. The van der Waals surface area contributed by atoms with E-state index < -0.39 is 40.6 Å². The average molecular weight is 334 g/mol. The zero-order chi connectivity index (χ0) is 16.2. The van der Waals surface area contributed by atoms with Crippen LogP contribution in [0.3, 0.4) is 0 Å². The highest BCUT2D eigenvalue weighted by molar-refractivity contribution is 7.80. The highest BCUT2D eigenvalue weighted by atomic mass is 32.1. The lowest BCUT2D eigenvalue weighted by atomic mass is 10.1. The van der Waals surface area contributed by atoms with Crippen LogP contribution in [0.25, 0.3) is 6.08 Å². The van der Waals surface area contributed by atoms with Gasteiger partial charge < -0.3 is 5.32 Å². The third-order valence-electron chi connectivity index (χ3n) is 3.35. The van der Waals surface area contributed by atoms with Crippen LogP contribution in [0.2, 0.25) is 0 Å². The topological polar surface area (TPSA) is 32.3 Å². The van der Waals surface area contributed by atoms with Gasteiger partial charge in [0.1, 0.15) is 5.70 Å². The standard InChI is InChI=1S/C13H7F5N2OS/c14-7-5(8(15)10(17)11(18)9(7)16)3-6-12(21)20(4-1-2-4)13(22)19-6/h3-4H,1-2H2,(H,19,22)/b6-3+. The molecule has 1 aliphatic heterocycles. The number of nitrogens with zero attached hydrogens (tertiary/aromatic N) is 1. The van der Waals surface area contributed by atoms with Crippen LogP contribution in [0.4, 0.5) is 22.0 Å². The van der Waals surface area contributed by atoms with Crippen molar-refractivity contribution in [1.29, 1.82) is 0 Å². The molecule has 1 amide bonds. The SMILES string of the molecule is O=C1/C(=C\c2c(F)c(F)c(F)c(F)c2F)NC(=S)N1C1CC1. The summed E-state index contributed by atoms with van der Waals surface area (Å²) >= 11 is 4.92. The number of nitrogens with one attached hydrogen (secondary N) is 1. The van der Waals surface area contributed by atoms with E-state index in [-0.39, 0.29) is 16.9 Å². The van der Waals surface area contributed by atoms with Crippen molar-refractivity contribution in [3.05, 3.63) is 40.3 Å². The Bertz CT molecular complexity index is 715. The van der Waals surface area contributed by atoms with E-state index in [2.05, 4.69) is 5.32 Å². The van der Waals surface area contributed by atoms with Crippen LogP contribution in [-0.2, 0) is 4.79 Å². The molecule has 1 N–H and O–H groups in total. The molecule has 1 aromatic carbocycles. The van der Waals surface area contributed by atoms with E-state index in [9.17, 15) is 26.7 Å². The van der Waals surface area contributed by atoms with Gasteiger partial charge in [-0.15, -0.1) is 0 Å². The van der Waals surface area contributed by atoms with E-state index in [1.165, 1.54) is 4.90 Å². The second-order valence-electron chi connectivity index (χ2n) is 4.88. The van der Waals surface area contributed by atoms with Crippen molar-refractivity contribution in [2.24, 2.45) is 0 Å². The number of carbonyl (C=O) groups excluding carboxylic acids is 1. The van der Waals surface area contributed by atoms with Gasteiger partial charge in [0.15, 0.2) is 28.4 Å². The van der Waals surface area contributed by atoms with Gasteiger partial charge in [-0.25, -0.2) is 22.0 Å². The first-order valence-corrected chi connectivity index (χ1v) is 6.61. The van der Waals surface area contributed by atoms with Crippen molar-refractivity contribution in [2.45, 2.75) is 18.9 Å². The van der Waals surface area contributed by atoms with E-state index >= 15 is 0 Å². The van der Waals surface area contributed by atoms with Crippen molar-refractivity contribution in [1.82, 2.24) is 10.2 Å². The van der Waals surface area contributed by atoms with Crippen LogP contribution in [0.15, 0.2) is 5.70 Å². The molecule has 0 bridgehead atoms. The molecule has 0 atom stereocenters. The molecule has 9 heteroatoms. The molecule has 116 valence electrons. The van der Waals surface area contributed by atoms with Gasteiger partial charge in [0.05, 0.1) is 5.56 Å². The zero-order valence-corrected chi connectivity index (χ0v) is 11.5. The lowest BCUT2D eigenvalue weighted by Gasteiger charge is -2.11. The van der Waals surface area contributed by atoms with Crippen molar-refractivity contribution < 1.29 is 26.7 Å². The molecule has 2 aliphatic rings. The summed E-state index contributed by atoms with van der Waals surface area (Å²) in [6.07, 6.45) is 2.06. The summed E-state index contributed by atoms with van der Waals surface area (Å²) in [7, 11) is 0. The van der Waals surface area contributed by atoms with E-state index in [0.29, 0.717) is 6.08 Å². The number of amides is 1. The summed E-state index contributed by atoms with van der Waals surface area (Å²) in [6, 6.07) is -0.0882. The highest BCUT2D eigenvalue weighted by Crippen LogP contribution is 2.32. The van der Waals surface area contributed by atoms with Gasteiger partial charge in [-0.1, -0.05) is 0 Å². The van der Waals surface area contributed by atoms with Crippen molar-refractivity contribution >= 4 is 29.3 Å². The summed E-state index contributed by atoms with van der Waals surface area (Å²) in [5, 5.41) is 2.47. The molecule has 1 heterocycles. The predicted octanol–water partition coefficient (Wildman–Crippen LogP) is 2.60. The minimum atomic E-state index is -2.25. The summed E-state index contributed by atoms with van der Waals surface area (Å²) in [5.41, 5.74) is -1.52. The number of thiocarbonyl (C=S) groups is 1. The smallest absolute Gasteiger partial charge is 0.276 e. The van der Waals surface area contributed by atoms with E-state index in [1.54, 1.807) is 0 Å². The molecule has 0 radical (unpaired) electrons. The van der Waals surface area contributed by atoms with E-state index in [4.69, 9.17) is 12.2 Å². The minimum Gasteiger partial charge on any atom is -0.328 e. The highest BCUT2D eigenvalue weighted by Gasteiger charge is 2.41. The fourth-order valence-corrected chi connectivity index (χ4v) is 2.45. The zero-order valence-electron chi connectivity index (χ0n) is 10.7. The number of benzene rings is 1. The number of hydrogen-bond acceptors (Lipinski definition) is 2. The molecule has 1 saturated heterocycles. The average Bonchev–Trinajstić information content (AvgIpc) is 3.27. The maximum Gasteiger partial charge on any atom is 0.276 e. The van der Waals surface area contributed by atoms with Crippen LogP contribution in [0.1, 0.15) is 18.4 Å². The van der Waals surface area contributed by atoms with Gasteiger partial charge in [0.25, 0.3) is 5.91 Å². The minimum absolute atomic E-state index is 0.0441. The largest absolute Gasteiger partial charge is 0.328 e. The lowest BCUT2D eigenvalue weighted by Crippen LogP contribution is -2.32. The number of carbonyl (C=O) groups is 1. The predicted molar refractivity (Wildman–Crippen MR) is 69.8 cm³/mol. The lowest BCUT2D eigenvalue weighted by molar-refractivity contribution is -0.122. The van der Waals surface area contributed by atoms with Crippen LogP contribution in [0, 0.1) is 29.1 Å². The maximum atomic E-state index is 13.6. The van der Waals surface area contributed by atoms with E-state index in [0.717, 1.165) is 12.8 Å². The third-order valence-corrected chi connectivity index (χ3v) is 3.65. The summed E-state index contributed by atoms with van der Waals surface area (Å²) in [4.78, 5) is 13.3. The molecular weight excluding hydrogens is 327 g/mol. The number of halogens is 5. The van der Waals surface area contributed by atoms with Gasteiger partial charge in [-0.3, -0.25) is 9.69 Å². The van der Waals surface area contributed by atoms with Gasteiger partial charge in [0.2, 0.25) is 5.82 Å². The second-order valence-corrected chi connectivity index (χ2v) is 5.26. The molecule has 1 saturated carbocycles. The van der Waals surface area contributed by atoms with Crippen LogP contribution in [-0.4, -0.2) is 22.0 Å². The molecule has 0 unspecified atom stereocenters. The quantitative estimate of drug-likeness (QED) is 0.297. The fourth-order valence-electron chi connectivity index (χ4n) is 2.11. The molecule has 1 aromatic rings. The molecule has 0 aromatic heterocycles. The van der Waals surface area contributed by atoms with Crippen LogP contribution >= 0.6 is 12.2 Å². The normalized spacial score (nSPS) is 20.0. The molecule has 3 nitrogen and oxygen atoms in total. The Kier molecular flexibility index (Phi) is 3.39. The summed E-state index contributed by atoms with van der Waals surface area (Å²) in [6.45, 7) is 0. The Balaban J connectivity index is 2.06. The molecule has 3 rings (SSSR count). The Labute approximate surface area is 126 Å². The first kappa shape index (κ1) is 14.9. The second kappa shape index (κ2) is 5.01. The molecule has 0 spiro atoms. The monoisotopic (exact) mass is 334 g/mol. The molecular formula is C13H7F5N2OS. The number of rotatable bonds is 2. The Hall–Kier alpha value is -2.03. The Morgan fingerprint density at radius 3 is 2.00 bits per heavy atom. The Morgan fingerprint density at radius 2 is 1.50 bits per heavy atom. The van der Waals surface area contributed by atoms with Crippen LogP contribution in [0.5, 0.6) is 0 Å². The van der Waals surface area contributed by atoms with Crippen molar-refractivity contribution in [3.63, 3.8) is 0 Å². The van der Waals surface area contributed by atoms with Gasteiger partial charge in [-0.05, 0) is 31.1 Å². The number of hydrogen-bond donors (Lipinski definition) is 1. The van der Waals surface area contributed by atoms with Crippen molar-refractivity contribution in [2.75, 3.05) is 0 Å². The van der Waals surface area contributed by atoms with Gasteiger partial charge in [0, 0.05) is 6.04 Å². The maximum absolute atomic E-state index is 13.6. The molecule has 22 heavy (non-hydrogen) atoms. The Morgan fingerprint density at radius 1 is 1.00 bits per heavy atom. The summed E-state index contributed by atoms with van der Waals surface area (Å²) < 4.78 is 66.4. The first-order chi connectivity index (χ1) is 10.3. The van der Waals surface area contributed by atoms with E-state index in [1.807, 2.05) is 0 Å². The first-order valence-electron chi connectivity index (χ1n) is 6.20. The summed E-state index contributed by atoms with van der Waals surface area (Å²) in [5.74, 6) is -11.1. The van der Waals surface area contributed by atoms with Crippen molar-refractivity contribution in [3.8, 4) is 0 Å².